The van der Waals surface area contributed by atoms with E-state index in [1.54, 1.807) is 0 Å². The molecule has 1 aliphatic rings. The summed E-state index contributed by atoms with van der Waals surface area (Å²) in [5.41, 5.74) is -0.356. The quantitative estimate of drug-likeness (QED) is 0.762. The summed E-state index contributed by atoms with van der Waals surface area (Å²) < 4.78 is 10.3. The number of aliphatic carboxylic acids is 1. The van der Waals surface area contributed by atoms with E-state index in [0.29, 0.717) is 0 Å². The summed E-state index contributed by atoms with van der Waals surface area (Å²) in [6.45, 7) is 5.83. The minimum Gasteiger partial charge on any atom is -0.481 e. The predicted molar refractivity (Wildman–Crippen MR) is 73.3 cm³/mol. The molecule has 1 heterocycles. The fraction of sp³-hybridized carbons (Fsp3) is 0.786. The number of hydrogen-bond acceptors (Lipinski definition) is 5. The Bertz CT molecular complexity index is 414. The number of carboxylic acid groups (broad SMARTS) is 1. The Kier molecular flexibility index (Phi) is 5.71. The number of amides is 1. The molecular formula is C14H23NO6. The normalized spacial score (nSPS) is 22.2. The number of carbonyl (C=O) groups excluding carboxylic acids is 2. The Labute approximate surface area is 124 Å². The number of methoxy groups -OCH3 is 1. The van der Waals surface area contributed by atoms with Gasteiger partial charge in [-0.15, -0.1) is 0 Å². The van der Waals surface area contributed by atoms with Crippen LogP contribution >= 0.6 is 0 Å². The Morgan fingerprint density at radius 2 is 1.90 bits per heavy atom. The molecule has 1 rings (SSSR count). The van der Waals surface area contributed by atoms with E-state index in [2.05, 4.69) is 0 Å². The maximum atomic E-state index is 12.4. The van der Waals surface area contributed by atoms with Crippen molar-refractivity contribution in [2.24, 2.45) is 5.41 Å². The standard InChI is InChI=1S/C14H23NO6/c1-14(2,3)13-15(9(8-21-13)12(19)20-4)10(16)6-5-7-11(17)18/h9,13H,5-8H2,1-4H3,(H,17,18)/t9-,13+/m0/s1. The number of esters is 1. The molecule has 0 saturated carbocycles. The van der Waals surface area contributed by atoms with Crippen LogP contribution in [0.3, 0.4) is 0 Å². The average molecular weight is 301 g/mol. The Hall–Kier alpha value is -1.63. The van der Waals surface area contributed by atoms with E-state index >= 15 is 0 Å². The Morgan fingerprint density at radius 1 is 1.29 bits per heavy atom. The lowest BCUT2D eigenvalue weighted by atomic mass is 9.93. The van der Waals surface area contributed by atoms with E-state index in [1.807, 2.05) is 20.8 Å². The van der Waals surface area contributed by atoms with Gasteiger partial charge in [-0.1, -0.05) is 20.8 Å². The van der Waals surface area contributed by atoms with Crippen molar-refractivity contribution < 1.29 is 29.0 Å². The van der Waals surface area contributed by atoms with Gasteiger partial charge in [0.1, 0.15) is 6.23 Å². The monoisotopic (exact) mass is 301 g/mol. The number of nitrogens with zero attached hydrogens (tertiary/aromatic N) is 1. The van der Waals surface area contributed by atoms with E-state index in [9.17, 15) is 14.4 Å². The van der Waals surface area contributed by atoms with Crippen molar-refractivity contribution in [2.75, 3.05) is 13.7 Å². The summed E-state index contributed by atoms with van der Waals surface area (Å²) in [7, 11) is 1.26. The van der Waals surface area contributed by atoms with E-state index in [-0.39, 0.29) is 37.2 Å². The van der Waals surface area contributed by atoms with Gasteiger partial charge < -0.3 is 19.5 Å². The van der Waals surface area contributed by atoms with E-state index in [4.69, 9.17) is 14.6 Å². The molecule has 1 amide bonds. The van der Waals surface area contributed by atoms with Gasteiger partial charge in [-0.25, -0.2) is 4.79 Å². The lowest BCUT2D eigenvalue weighted by molar-refractivity contribution is -0.155. The van der Waals surface area contributed by atoms with Gasteiger partial charge in [0.05, 0.1) is 13.7 Å². The predicted octanol–water partition coefficient (Wildman–Crippen LogP) is 1.01. The molecule has 0 bridgehead atoms. The first kappa shape index (κ1) is 17.4. The second kappa shape index (κ2) is 6.89. The van der Waals surface area contributed by atoms with Crippen LogP contribution in [0.5, 0.6) is 0 Å². The summed E-state index contributed by atoms with van der Waals surface area (Å²) >= 11 is 0. The fourth-order valence-electron chi connectivity index (χ4n) is 2.32. The van der Waals surface area contributed by atoms with Crippen LogP contribution in [0.25, 0.3) is 0 Å². The van der Waals surface area contributed by atoms with Gasteiger partial charge in [0.15, 0.2) is 6.04 Å². The van der Waals surface area contributed by atoms with E-state index in [0.717, 1.165) is 0 Å². The first-order chi connectivity index (χ1) is 9.68. The maximum absolute atomic E-state index is 12.4. The minimum absolute atomic E-state index is 0.0652. The van der Waals surface area contributed by atoms with Crippen molar-refractivity contribution in [1.82, 2.24) is 4.90 Å². The molecule has 7 heteroatoms. The smallest absolute Gasteiger partial charge is 0.331 e. The van der Waals surface area contributed by atoms with E-state index < -0.39 is 24.2 Å². The summed E-state index contributed by atoms with van der Waals surface area (Å²) in [4.78, 5) is 36.1. The van der Waals surface area contributed by atoms with Crippen molar-refractivity contribution in [1.29, 1.82) is 0 Å². The third-order valence-electron chi connectivity index (χ3n) is 3.28. The highest BCUT2D eigenvalue weighted by Gasteiger charge is 2.47. The van der Waals surface area contributed by atoms with Gasteiger partial charge in [-0.2, -0.15) is 0 Å². The van der Waals surface area contributed by atoms with Crippen molar-refractivity contribution in [3.8, 4) is 0 Å². The molecule has 1 fully saturated rings. The molecule has 21 heavy (non-hydrogen) atoms. The van der Waals surface area contributed by atoms with Gasteiger partial charge in [0.25, 0.3) is 0 Å². The highest BCUT2D eigenvalue weighted by molar-refractivity contribution is 5.85. The second-order valence-corrected chi connectivity index (χ2v) is 6.14. The number of carbonyl (C=O) groups is 3. The fourth-order valence-corrected chi connectivity index (χ4v) is 2.32. The van der Waals surface area contributed by atoms with E-state index in [1.165, 1.54) is 12.0 Å². The van der Waals surface area contributed by atoms with Crippen LogP contribution in [0.15, 0.2) is 0 Å². The van der Waals surface area contributed by atoms with Crippen LogP contribution in [-0.4, -0.2) is 53.8 Å². The zero-order valence-electron chi connectivity index (χ0n) is 12.9. The molecule has 2 atom stereocenters. The summed E-state index contributed by atoms with van der Waals surface area (Å²) in [6.07, 6.45) is -0.312. The maximum Gasteiger partial charge on any atom is 0.331 e. The number of ether oxygens (including phenoxy) is 2. The Morgan fingerprint density at radius 3 is 2.38 bits per heavy atom. The number of rotatable bonds is 5. The van der Waals surface area contributed by atoms with Crippen LogP contribution in [0.4, 0.5) is 0 Å². The van der Waals surface area contributed by atoms with Crippen LogP contribution in [-0.2, 0) is 23.9 Å². The van der Waals surface area contributed by atoms with Crippen molar-refractivity contribution in [3.63, 3.8) is 0 Å². The second-order valence-electron chi connectivity index (χ2n) is 6.14. The van der Waals surface area contributed by atoms with Gasteiger partial charge in [0, 0.05) is 18.3 Å². The molecule has 0 spiro atoms. The van der Waals surface area contributed by atoms with Crippen LogP contribution < -0.4 is 0 Å². The summed E-state index contributed by atoms with van der Waals surface area (Å²) in [5, 5.41) is 8.63. The van der Waals surface area contributed by atoms with Crippen molar-refractivity contribution in [3.05, 3.63) is 0 Å². The number of hydrogen-bond donors (Lipinski definition) is 1. The molecule has 0 aliphatic carbocycles. The summed E-state index contributed by atoms with van der Waals surface area (Å²) in [5.74, 6) is -1.75. The van der Waals surface area contributed by atoms with Crippen molar-refractivity contribution >= 4 is 17.8 Å². The van der Waals surface area contributed by atoms with Crippen molar-refractivity contribution in [2.45, 2.75) is 52.3 Å². The molecule has 0 aromatic heterocycles. The third-order valence-corrected chi connectivity index (χ3v) is 3.28. The zero-order valence-corrected chi connectivity index (χ0v) is 12.9. The van der Waals surface area contributed by atoms with Crippen LogP contribution in [0.1, 0.15) is 40.0 Å². The lowest BCUT2D eigenvalue weighted by Crippen LogP contribution is -2.50. The molecule has 1 aliphatic heterocycles. The number of carboxylic acids is 1. The van der Waals surface area contributed by atoms with Crippen LogP contribution in [0, 0.1) is 5.41 Å². The average Bonchev–Trinajstić information content (AvgIpc) is 2.81. The Balaban J connectivity index is 2.84. The largest absolute Gasteiger partial charge is 0.481 e. The molecule has 7 nitrogen and oxygen atoms in total. The summed E-state index contributed by atoms with van der Waals surface area (Å²) in [6, 6.07) is -0.767. The highest BCUT2D eigenvalue weighted by Crippen LogP contribution is 2.32. The SMILES string of the molecule is COC(=O)[C@@H]1CO[C@H](C(C)(C)C)N1C(=O)CCCC(=O)O. The molecule has 0 unspecified atom stereocenters. The lowest BCUT2D eigenvalue weighted by Gasteiger charge is -2.35. The van der Waals surface area contributed by atoms with Gasteiger partial charge in [0.2, 0.25) is 5.91 Å². The molecule has 0 aromatic rings. The highest BCUT2D eigenvalue weighted by atomic mass is 16.5. The molecule has 0 radical (unpaired) electrons. The van der Waals surface area contributed by atoms with Gasteiger partial charge in [-0.05, 0) is 6.42 Å². The topological polar surface area (TPSA) is 93.1 Å². The molecule has 0 aromatic carbocycles. The van der Waals surface area contributed by atoms with Gasteiger partial charge >= 0.3 is 11.9 Å². The first-order valence-electron chi connectivity index (χ1n) is 6.91. The first-order valence-corrected chi connectivity index (χ1v) is 6.91. The molecular weight excluding hydrogens is 278 g/mol. The molecule has 120 valence electrons. The molecule has 1 N–H and O–H groups in total. The van der Waals surface area contributed by atoms with Crippen LogP contribution in [0.2, 0.25) is 0 Å². The minimum atomic E-state index is -0.947. The molecule has 1 saturated heterocycles. The third kappa shape index (κ3) is 4.42. The zero-order chi connectivity index (χ0) is 16.2. The van der Waals surface area contributed by atoms with Gasteiger partial charge in [-0.3, -0.25) is 9.59 Å².